The van der Waals surface area contributed by atoms with Crippen molar-refractivity contribution in [1.29, 1.82) is 0 Å². The highest BCUT2D eigenvalue weighted by Crippen LogP contribution is 2.13. The quantitative estimate of drug-likeness (QED) is 0.353. The highest BCUT2D eigenvalue weighted by atomic mass is 16.5. The van der Waals surface area contributed by atoms with Crippen molar-refractivity contribution in [2.24, 2.45) is 4.99 Å². The van der Waals surface area contributed by atoms with Gasteiger partial charge in [0, 0.05) is 12.6 Å². The Hall–Kier alpha value is -1.84. The van der Waals surface area contributed by atoms with Crippen LogP contribution in [-0.2, 0) is 9.53 Å². The van der Waals surface area contributed by atoms with Crippen LogP contribution < -0.4 is 5.32 Å². The molecule has 0 aliphatic rings. The lowest BCUT2D eigenvalue weighted by molar-refractivity contribution is -0.117. The van der Waals surface area contributed by atoms with Crippen LogP contribution >= 0.6 is 0 Å². The zero-order valence-electron chi connectivity index (χ0n) is 12.0. The van der Waals surface area contributed by atoms with Crippen LogP contribution in [0.1, 0.15) is 27.7 Å². The molecule has 1 N–H and O–H groups in total. The number of likely N-dealkylation sites (N-methyl/N-ethyl adjacent to an activating group) is 1. The molecule has 0 spiro atoms. The summed E-state index contributed by atoms with van der Waals surface area (Å²) in [4.78, 5) is 16.0. The average Bonchev–Trinajstić information content (AvgIpc) is 2.34. The maximum absolute atomic E-state index is 11.6. The second kappa shape index (κ2) is 7.48. The lowest BCUT2D eigenvalue weighted by Crippen LogP contribution is -2.19. The zero-order valence-corrected chi connectivity index (χ0v) is 12.0. The van der Waals surface area contributed by atoms with Gasteiger partial charge < -0.3 is 10.1 Å². The molecule has 0 aromatic heterocycles. The Morgan fingerprint density at radius 1 is 1.28 bits per heavy atom. The van der Waals surface area contributed by atoms with Crippen molar-refractivity contribution in [3.05, 3.63) is 35.3 Å². The van der Waals surface area contributed by atoms with E-state index >= 15 is 0 Å². The summed E-state index contributed by atoms with van der Waals surface area (Å²) in [6, 6.07) is 0. The normalized spacial score (nSPS) is 12.4. The molecule has 0 atom stereocenters. The highest BCUT2D eigenvalue weighted by Gasteiger charge is 2.08. The first-order valence-electron chi connectivity index (χ1n) is 5.69. The molecular weight excluding hydrogens is 228 g/mol. The third-order valence-corrected chi connectivity index (χ3v) is 2.32. The number of nitrogens with zero attached hydrogens (tertiary/aromatic N) is 1. The standard InChI is InChI=1S/C14H22N2O2/c1-9(2)8-13(10(3)14(17)15-6)16-11(4)12(5)18-7/h8H,5H2,1-4,6-7H3,(H,15,17). The monoisotopic (exact) mass is 250 g/mol. The van der Waals surface area contributed by atoms with Crippen LogP contribution in [0.5, 0.6) is 0 Å². The number of amides is 1. The molecule has 1 amide bonds. The summed E-state index contributed by atoms with van der Waals surface area (Å²) in [7, 11) is 3.13. The van der Waals surface area contributed by atoms with E-state index in [0.29, 0.717) is 22.7 Å². The summed E-state index contributed by atoms with van der Waals surface area (Å²) in [5.41, 5.74) is 2.88. The number of aliphatic imine (C=N–C) groups is 1. The average molecular weight is 250 g/mol. The second-order valence-corrected chi connectivity index (χ2v) is 4.14. The number of nitrogens with one attached hydrogen (secondary N) is 1. The molecule has 4 heteroatoms. The minimum atomic E-state index is -0.151. The van der Waals surface area contributed by atoms with Crippen LogP contribution in [0.25, 0.3) is 0 Å². The molecule has 0 radical (unpaired) electrons. The Bertz CT molecular complexity index is 425. The van der Waals surface area contributed by atoms with Gasteiger partial charge >= 0.3 is 0 Å². The zero-order chi connectivity index (χ0) is 14.3. The lowest BCUT2D eigenvalue weighted by atomic mass is 10.1. The molecule has 0 rings (SSSR count). The number of carbonyl (C=O) groups excluding carboxylic acids is 1. The maximum atomic E-state index is 11.6. The molecule has 0 aromatic rings. The summed E-state index contributed by atoms with van der Waals surface area (Å²) >= 11 is 0. The van der Waals surface area contributed by atoms with Gasteiger partial charge in [-0.05, 0) is 33.8 Å². The maximum Gasteiger partial charge on any atom is 0.248 e. The van der Waals surface area contributed by atoms with E-state index in [2.05, 4.69) is 16.9 Å². The molecule has 0 heterocycles. The molecule has 0 aliphatic heterocycles. The van der Waals surface area contributed by atoms with Crippen molar-refractivity contribution in [2.75, 3.05) is 14.2 Å². The molecule has 0 aliphatic carbocycles. The van der Waals surface area contributed by atoms with Gasteiger partial charge in [0.25, 0.3) is 0 Å². The van der Waals surface area contributed by atoms with Gasteiger partial charge in [-0.25, -0.2) is 4.99 Å². The number of methoxy groups -OCH3 is 1. The van der Waals surface area contributed by atoms with Gasteiger partial charge in [0.1, 0.15) is 5.76 Å². The van der Waals surface area contributed by atoms with Crippen LogP contribution in [0.3, 0.4) is 0 Å². The fraction of sp³-hybridized carbons (Fsp3) is 0.429. The Morgan fingerprint density at radius 3 is 2.22 bits per heavy atom. The number of carbonyl (C=O) groups is 1. The van der Waals surface area contributed by atoms with E-state index in [-0.39, 0.29) is 5.91 Å². The smallest absolute Gasteiger partial charge is 0.248 e. The van der Waals surface area contributed by atoms with Crippen molar-refractivity contribution in [1.82, 2.24) is 5.32 Å². The van der Waals surface area contributed by atoms with E-state index in [1.807, 2.05) is 19.9 Å². The van der Waals surface area contributed by atoms with E-state index in [9.17, 15) is 4.79 Å². The Morgan fingerprint density at radius 2 is 1.83 bits per heavy atom. The van der Waals surface area contributed by atoms with E-state index in [1.54, 1.807) is 20.9 Å². The van der Waals surface area contributed by atoms with Crippen LogP contribution in [-0.4, -0.2) is 25.8 Å². The summed E-state index contributed by atoms with van der Waals surface area (Å²) in [5, 5.41) is 2.59. The first-order chi connectivity index (χ1) is 8.33. The van der Waals surface area contributed by atoms with Gasteiger partial charge in [-0.3, -0.25) is 4.79 Å². The summed E-state index contributed by atoms with van der Waals surface area (Å²) in [5.74, 6) is 0.335. The summed E-state index contributed by atoms with van der Waals surface area (Å²) in [6.45, 7) is 11.2. The molecule has 0 unspecified atom stereocenters. The van der Waals surface area contributed by atoms with Gasteiger partial charge in [-0.2, -0.15) is 0 Å². The van der Waals surface area contributed by atoms with Crippen molar-refractivity contribution in [3.63, 3.8) is 0 Å². The van der Waals surface area contributed by atoms with Gasteiger partial charge in [0.15, 0.2) is 0 Å². The fourth-order valence-corrected chi connectivity index (χ4v) is 1.19. The van der Waals surface area contributed by atoms with E-state index in [1.165, 1.54) is 7.11 Å². The first-order valence-corrected chi connectivity index (χ1v) is 5.69. The molecular formula is C14H22N2O2. The fourth-order valence-electron chi connectivity index (χ4n) is 1.19. The van der Waals surface area contributed by atoms with Crippen molar-refractivity contribution in [2.45, 2.75) is 27.7 Å². The molecule has 100 valence electrons. The minimum absolute atomic E-state index is 0.151. The summed E-state index contributed by atoms with van der Waals surface area (Å²) < 4.78 is 5.02. The Balaban J connectivity index is 5.60. The molecule has 0 aromatic carbocycles. The number of ether oxygens (including phenoxy) is 1. The molecule has 18 heavy (non-hydrogen) atoms. The van der Waals surface area contributed by atoms with E-state index in [4.69, 9.17) is 4.74 Å². The minimum Gasteiger partial charge on any atom is -0.495 e. The van der Waals surface area contributed by atoms with Crippen molar-refractivity contribution >= 4 is 11.6 Å². The summed E-state index contributed by atoms with van der Waals surface area (Å²) in [6.07, 6.45) is 1.86. The lowest BCUT2D eigenvalue weighted by Gasteiger charge is -2.07. The van der Waals surface area contributed by atoms with Crippen LogP contribution in [0, 0.1) is 0 Å². The van der Waals surface area contributed by atoms with Crippen molar-refractivity contribution < 1.29 is 9.53 Å². The number of allylic oxidation sites excluding steroid dienone is 3. The Labute approximate surface area is 109 Å². The Kier molecular flexibility index (Phi) is 6.71. The molecule has 4 nitrogen and oxygen atoms in total. The third kappa shape index (κ3) is 4.99. The van der Waals surface area contributed by atoms with Crippen LogP contribution in [0.15, 0.2) is 40.2 Å². The van der Waals surface area contributed by atoms with Gasteiger partial charge in [0.05, 0.1) is 18.5 Å². The van der Waals surface area contributed by atoms with Crippen LogP contribution in [0.4, 0.5) is 0 Å². The molecule has 0 saturated carbocycles. The van der Waals surface area contributed by atoms with Gasteiger partial charge in [-0.15, -0.1) is 0 Å². The predicted octanol–water partition coefficient (Wildman–Crippen LogP) is 2.59. The third-order valence-electron chi connectivity index (χ3n) is 2.32. The van der Waals surface area contributed by atoms with Gasteiger partial charge in [-0.1, -0.05) is 12.2 Å². The predicted molar refractivity (Wildman–Crippen MR) is 75.5 cm³/mol. The molecule has 0 fully saturated rings. The number of hydrogen-bond donors (Lipinski definition) is 1. The topological polar surface area (TPSA) is 50.7 Å². The largest absolute Gasteiger partial charge is 0.495 e. The molecule has 0 bridgehead atoms. The first kappa shape index (κ1) is 16.2. The SMILES string of the molecule is C=C(OC)C(C)=NC(C=C(C)C)=C(C)C(=O)NC. The number of rotatable bonds is 5. The second-order valence-electron chi connectivity index (χ2n) is 4.14. The highest BCUT2D eigenvalue weighted by molar-refractivity contribution is 5.98. The number of hydrogen-bond acceptors (Lipinski definition) is 3. The van der Waals surface area contributed by atoms with Gasteiger partial charge in [0.2, 0.25) is 5.91 Å². The molecule has 0 saturated heterocycles. The van der Waals surface area contributed by atoms with Crippen molar-refractivity contribution in [3.8, 4) is 0 Å². The van der Waals surface area contributed by atoms with Crippen LogP contribution in [0.2, 0.25) is 0 Å². The van der Waals surface area contributed by atoms with E-state index in [0.717, 1.165) is 5.57 Å². The van der Waals surface area contributed by atoms with E-state index < -0.39 is 0 Å².